The van der Waals surface area contributed by atoms with Crippen LogP contribution in [0.5, 0.6) is 0 Å². The Bertz CT molecular complexity index is 518. The highest BCUT2D eigenvalue weighted by atomic mass is 19.4. The van der Waals surface area contributed by atoms with Crippen LogP contribution >= 0.6 is 0 Å². The van der Waals surface area contributed by atoms with Crippen molar-refractivity contribution < 1.29 is 18.0 Å². The largest absolute Gasteiger partial charge is 0.391 e. The van der Waals surface area contributed by atoms with Gasteiger partial charge in [0.25, 0.3) is 0 Å². The van der Waals surface area contributed by atoms with Crippen molar-refractivity contribution in [2.45, 2.75) is 63.8 Å². The molecule has 2 rings (SSSR count). The molecule has 1 aliphatic carbocycles. The van der Waals surface area contributed by atoms with E-state index in [0.29, 0.717) is 12.8 Å². The van der Waals surface area contributed by atoms with Gasteiger partial charge in [-0.2, -0.15) is 18.3 Å². The summed E-state index contributed by atoms with van der Waals surface area (Å²) in [7, 11) is 0. The van der Waals surface area contributed by atoms with Gasteiger partial charge < -0.3 is 10.6 Å². The molecule has 0 unspecified atom stereocenters. The monoisotopic (exact) mass is 346 g/mol. The minimum Gasteiger partial charge on any atom is -0.352 e. The fraction of sp³-hybridized carbons (Fsp3) is 0.750. The summed E-state index contributed by atoms with van der Waals surface area (Å²) < 4.78 is 40.2. The van der Waals surface area contributed by atoms with Gasteiger partial charge in [-0.15, -0.1) is 0 Å². The van der Waals surface area contributed by atoms with Gasteiger partial charge in [-0.05, 0) is 39.2 Å². The van der Waals surface area contributed by atoms with Crippen molar-refractivity contribution in [3.05, 3.63) is 18.5 Å². The number of alkyl halides is 3. The van der Waals surface area contributed by atoms with Crippen molar-refractivity contribution in [1.82, 2.24) is 20.4 Å². The van der Waals surface area contributed by atoms with Gasteiger partial charge in [-0.25, -0.2) is 0 Å². The number of hydrogen-bond donors (Lipinski definition) is 2. The lowest BCUT2D eigenvalue weighted by Gasteiger charge is -2.31. The molecule has 2 N–H and O–H groups in total. The van der Waals surface area contributed by atoms with Gasteiger partial charge in [-0.3, -0.25) is 9.48 Å². The average Bonchev–Trinajstić information content (AvgIpc) is 3.05. The summed E-state index contributed by atoms with van der Waals surface area (Å²) >= 11 is 0. The topological polar surface area (TPSA) is 59.0 Å². The standard InChI is InChI=1S/C16H25F3N4O/c1-11(12(2)23-8-4-7-21-23)20-10-15(24)22-14-6-3-5-13(9-14)16(17,18)19/h4,7-8,11-14,20H,3,5-6,9-10H2,1-2H3,(H,22,24)/t11-,12+,13-,14+/m0/s1. The van der Waals surface area contributed by atoms with E-state index in [1.54, 1.807) is 10.9 Å². The zero-order valence-electron chi connectivity index (χ0n) is 14.0. The van der Waals surface area contributed by atoms with Crippen LogP contribution in [0.4, 0.5) is 13.2 Å². The maximum atomic E-state index is 12.8. The van der Waals surface area contributed by atoms with E-state index in [4.69, 9.17) is 0 Å². The van der Waals surface area contributed by atoms with Crippen LogP contribution < -0.4 is 10.6 Å². The van der Waals surface area contributed by atoms with Crippen LogP contribution in [0.15, 0.2) is 18.5 Å². The van der Waals surface area contributed by atoms with Gasteiger partial charge in [0.2, 0.25) is 5.91 Å². The molecule has 4 atom stereocenters. The zero-order valence-corrected chi connectivity index (χ0v) is 14.0. The van der Waals surface area contributed by atoms with Gasteiger partial charge >= 0.3 is 6.18 Å². The Labute approximate surface area is 140 Å². The highest BCUT2D eigenvalue weighted by Crippen LogP contribution is 2.37. The van der Waals surface area contributed by atoms with Crippen LogP contribution in [0.3, 0.4) is 0 Å². The minimum atomic E-state index is -4.17. The van der Waals surface area contributed by atoms with Crippen molar-refractivity contribution in [2.75, 3.05) is 6.54 Å². The lowest BCUT2D eigenvalue weighted by molar-refractivity contribution is -0.184. The summed E-state index contributed by atoms with van der Waals surface area (Å²) in [6, 6.07) is 1.51. The number of nitrogens with zero attached hydrogens (tertiary/aromatic N) is 2. The van der Waals surface area contributed by atoms with Crippen molar-refractivity contribution in [3.63, 3.8) is 0 Å². The first kappa shape index (κ1) is 18.8. The Morgan fingerprint density at radius 3 is 2.75 bits per heavy atom. The third-order valence-corrected chi connectivity index (χ3v) is 4.75. The van der Waals surface area contributed by atoms with Gasteiger partial charge in [0.15, 0.2) is 0 Å². The van der Waals surface area contributed by atoms with Crippen molar-refractivity contribution in [3.8, 4) is 0 Å². The fourth-order valence-corrected chi connectivity index (χ4v) is 3.07. The number of rotatable bonds is 6. The maximum absolute atomic E-state index is 12.8. The third-order valence-electron chi connectivity index (χ3n) is 4.75. The molecule has 1 saturated carbocycles. The number of aromatic nitrogens is 2. The van der Waals surface area contributed by atoms with E-state index in [-0.39, 0.29) is 37.4 Å². The first-order valence-electron chi connectivity index (χ1n) is 8.36. The summed E-state index contributed by atoms with van der Waals surface area (Å²) in [4.78, 5) is 12.0. The first-order valence-corrected chi connectivity index (χ1v) is 8.36. The summed E-state index contributed by atoms with van der Waals surface area (Å²) in [5, 5.41) is 9.99. The quantitative estimate of drug-likeness (QED) is 0.833. The van der Waals surface area contributed by atoms with E-state index in [9.17, 15) is 18.0 Å². The van der Waals surface area contributed by atoms with Crippen LogP contribution in [0.1, 0.15) is 45.6 Å². The predicted octanol–water partition coefficient (Wildman–Crippen LogP) is 2.66. The number of amides is 1. The number of carbonyl (C=O) groups excluding carboxylic acids is 1. The molecule has 0 aromatic carbocycles. The van der Waals surface area contributed by atoms with Crippen LogP contribution in [0.2, 0.25) is 0 Å². The molecule has 1 fully saturated rings. The van der Waals surface area contributed by atoms with E-state index in [1.165, 1.54) is 0 Å². The Morgan fingerprint density at radius 1 is 1.38 bits per heavy atom. The molecule has 1 aromatic heterocycles. The number of hydrogen-bond acceptors (Lipinski definition) is 3. The fourth-order valence-electron chi connectivity index (χ4n) is 3.07. The molecular formula is C16H25F3N4O. The Balaban J connectivity index is 1.75. The predicted molar refractivity (Wildman–Crippen MR) is 84.3 cm³/mol. The SMILES string of the molecule is C[C@H](NCC(=O)N[C@@H]1CCC[C@H](C(F)(F)F)C1)[C@@H](C)n1cccn1. The Kier molecular flexibility index (Phi) is 6.26. The lowest BCUT2D eigenvalue weighted by Crippen LogP contribution is -2.46. The maximum Gasteiger partial charge on any atom is 0.391 e. The zero-order chi connectivity index (χ0) is 17.7. The first-order chi connectivity index (χ1) is 11.3. The molecule has 1 aromatic rings. The van der Waals surface area contributed by atoms with E-state index in [2.05, 4.69) is 15.7 Å². The third kappa shape index (κ3) is 5.22. The highest BCUT2D eigenvalue weighted by Gasteiger charge is 2.42. The lowest BCUT2D eigenvalue weighted by atomic mass is 9.85. The number of nitrogens with one attached hydrogen (secondary N) is 2. The molecule has 5 nitrogen and oxygen atoms in total. The second-order valence-corrected chi connectivity index (χ2v) is 6.57. The number of carbonyl (C=O) groups is 1. The molecule has 0 radical (unpaired) electrons. The molecule has 1 amide bonds. The second kappa shape index (κ2) is 8.00. The van der Waals surface area contributed by atoms with Crippen molar-refractivity contribution in [2.24, 2.45) is 5.92 Å². The highest BCUT2D eigenvalue weighted by molar-refractivity contribution is 5.78. The van der Waals surface area contributed by atoms with Crippen molar-refractivity contribution >= 4 is 5.91 Å². The normalized spacial score (nSPS) is 24.4. The van der Waals surface area contributed by atoms with E-state index in [1.807, 2.05) is 26.1 Å². The summed E-state index contributed by atoms with van der Waals surface area (Å²) in [6.45, 7) is 4.01. The summed E-state index contributed by atoms with van der Waals surface area (Å²) in [5.74, 6) is -1.56. The van der Waals surface area contributed by atoms with Crippen LogP contribution in [-0.4, -0.2) is 40.5 Å². The van der Waals surface area contributed by atoms with Crippen LogP contribution in [-0.2, 0) is 4.79 Å². The molecule has 136 valence electrons. The molecule has 24 heavy (non-hydrogen) atoms. The molecule has 1 heterocycles. The molecular weight excluding hydrogens is 321 g/mol. The average molecular weight is 346 g/mol. The van der Waals surface area contributed by atoms with Gasteiger partial charge in [-0.1, -0.05) is 6.42 Å². The van der Waals surface area contributed by atoms with Crippen LogP contribution in [0, 0.1) is 5.92 Å². The van der Waals surface area contributed by atoms with E-state index < -0.39 is 18.1 Å². The van der Waals surface area contributed by atoms with Gasteiger partial charge in [0.05, 0.1) is 18.5 Å². The number of halogens is 3. The van der Waals surface area contributed by atoms with Crippen molar-refractivity contribution in [1.29, 1.82) is 0 Å². The molecule has 0 aliphatic heterocycles. The van der Waals surface area contributed by atoms with E-state index >= 15 is 0 Å². The Hall–Kier alpha value is -1.57. The van der Waals surface area contributed by atoms with Gasteiger partial charge in [0, 0.05) is 24.5 Å². The summed E-state index contributed by atoms with van der Waals surface area (Å²) in [6.07, 6.45) is 0.613. The molecule has 0 spiro atoms. The second-order valence-electron chi connectivity index (χ2n) is 6.57. The molecule has 1 aliphatic rings. The Morgan fingerprint density at radius 2 is 2.12 bits per heavy atom. The molecule has 8 heteroatoms. The van der Waals surface area contributed by atoms with Gasteiger partial charge in [0.1, 0.15) is 0 Å². The minimum absolute atomic E-state index is 0.00456. The summed E-state index contributed by atoms with van der Waals surface area (Å²) in [5.41, 5.74) is 0. The van der Waals surface area contributed by atoms with Crippen LogP contribution in [0.25, 0.3) is 0 Å². The smallest absolute Gasteiger partial charge is 0.352 e. The van der Waals surface area contributed by atoms with E-state index in [0.717, 1.165) is 0 Å². The molecule has 0 saturated heterocycles. The molecule has 0 bridgehead atoms.